The monoisotopic (exact) mass is 370 g/mol. The van der Waals surface area contributed by atoms with Crippen LogP contribution in [0.25, 0.3) is 0 Å². The van der Waals surface area contributed by atoms with Crippen molar-refractivity contribution in [2.24, 2.45) is 5.73 Å². The summed E-state index contributed by atoms with van der Waals surface area (Å²) in [6, 6.07) is 9.00. The number of rotatable bonds is 7. The summed E-state index contributed by atoms with van der Waals surface area (Å²) in [5.41, 5.74) is 8.74. The minimum absolute atomic E-state index is 0.172. The molecular weight excluding hydrogens is 340 g/mol. The Kier molecular flexibility index (Phi) is 6.45. The lowest BCUT2D eigenvalue weighted by Gasteiger charge is -2.25. The molecule has 3 N–H and O–H groups in total. The third-order valence-corrected chi connectivity index (χ3v) is 5.27. The van der Waals surface area contributed by atoms with Gasteiger partial charge in [-0.15, -0.1) is 5.10 Å². The second-order valence-corrected chi connectivity index (χ2v) is 7.33. The molecule has 1 aliphatic rings. The summed E-state index contributed by atoms with van der Waals surface area (Å²) in [7, 11) is 0. The fourth-order valence-electron chi connectivity index (χ4n) is 3.61. The van der Waals surface area contributed by atoms with Crippen LogP contribution in [-0.2, 0) is 0 Å². The number of amides is 1. The number of hydrogen-bond donors (Lipinski definition) is 2. The van der Waals surface area contributed by atoms with Gasteiger partial charge in [0.15, 0.2) is 5.69 Å². The van der Waals surface area contributed by atoms with Crippen LogP contribution in [0.2, 0.25) is 0 Å². The van der Waals surface area contributed by atoms with Crippen molar-refractivity contribution >= 4 is 11.6 Å². The third-order valence-electron chi connectivity index (χ3n) is 5.27. The van der Waals surface area contributed by atoms with Gasteiger partial charge in [-0.2, -0.15) is 0 Å². The van der Waals surface area contributed by atoms with Crippen molar-refractivity contribution in [3.8, 4) is 0 Å². The fourth-order valence-corrected chi connectivity index (χ4v) is 3.61. The highest BCUT2D eigenvalue weighted by atomic mass is 16.2. The highest BCUT2D eigenvalue weighted by Gasteiger charge is 2.22. The Bertz CT molecular complexity index is 750. The Morgan fingerprint density at radius 2 is 2.11 bits per heavy atom. The third kappa shape index (κ3) is 5.07. The topological polar surface area (TPSA) is 89.1 Å². The molecule has 1 amide bonds. The van der Waals surface area contributed by atoms with Gasteiger partial charge in [-0.25, -0.2) is 4.68 Å². The van der Waals surface area contributed by atoms with Gasteiger partial charge in [-0.1, -0.05) is 17.3 Å². The molecule has 1 heterocycles. The summed E-state index contributed by atoms with van der Waals surface area (Å²) in [5.74, 6) is -0.172. The zero-order chi connectivity index (χ0) is 19.2. The Morgan fingerprint density at radius 3 is 2.81 bits per heavy atom. The first-order valence-corrected chi connectivity index (χ1v) is 9.84. The summed E-state index contributed by atoms with van der Waals surface area (Å²) in [4.78, 5) is 14.6. The standard InChI is InChI=1S/C20H30N6O/c1-3-25(18-6-4-5-15(2)13-18)12-11-22-20(27)19-14-26(24-23-19)17-9-7-16(21)8-10-17/h4-6,13-14,16-17H,3,7-12,21H2,1-2H3,(H,22,27). The van der Waals surface area contributed by atoms with Gasteiger partial charge < -0.3 is 16.0 Å². The normalized spacial score (nSPS) is 19.7. The number of nitrogens with two attached hydrogens (primary N) is 1. The van der Waals surface area contributed by atoms with Gasteiger partial charge in [0.05, 0.1) is 12.2 Å². The summed E-state index contributed by atoms with van der Waals surface area (Å²) in [6.45, 7) is 6.40. The molecule has 0 radical (unpaired) electrons. The molecule has 1 aliphatic carbocycles. The molecule has 0 aliphatic heterocycles. The summed E-state index contributed by atoms with van der Waals surface area (Å²) in [5, 5.41) is 11.2. The molecule has 0 unspecified atom stereocenters. The van der Waals surface area contributed by atoms with E-state index in [2.05, 4.69) is 58.6 Å². The lowest BCUT2D eigenvalue weighted by atomic mass is 9.92. The van der Waals surface area contributed by atoms with E-state index in [1.807, 2.05) is 4.68 Å². The fraction of sp³-hybridized carbons (Fsp3) is 0.550. The van der Waals surface area contributed by atoms with E-state index in [-0.39, 0.29) is 5.91 Å². The van der Waals surface area contributed by atoms with Crippen molar-refractivity contribution in [1.82, 2.24) is 20.3 Å². The van der Waals surface area contributed by atoms with Crippen LogP contribution in [0, 0.1) is 6.92 Å². The van der Waals surface area contributed by atoms with Gasteiger partial charge >= 0.3 is 0 Å². The van der Waals surface area contributed by atoms with E-state index >= 15 is 0 Å². The van der Waals surface area contributed by atoms with E-state index in [1.54, 1.807) is 6.20 Å². The van der Waals surface area contributed by atoms with Crippen LogP contribution in [0.5, 0.6) is 0 Å². The second kappa shape index (κ2) is 8.99. The highest BCUT2D eigenvalue weighted by molar-refractivity contribution is 5.91. The van der Waals surface area contributed by atoms with Gasteiger partial charge in [0.1, 0.15) is 0 Å². The number of carbonyl (C=O) groups excluding carboxylic acids is 1. The van der Waals surface area contributed by atoms with Crippen molar-refractivity contribution in [3.63, 3.8) is 0 Å². The maximum Gasteiger partial charge on any atom is 0.273 e. The smallest absolute Gasteiger partial charge is 0.273 e. The molecule has 3 rings (SSSR count). The minimum atomic E-state index is -0.172. The first-order chi connectivity index (χ1) is 13.1. The molecule has 146 valence electrons. The van der Waals surface area contributed by atoms with E-state index in [0.29, 0.717) is 24.3 Å². The van der Waals surface area contributed by atoms with Crippen molar-refractivity contribution in [1.29, 1.82) is 0 Å². The van der Waals surface area contributed by atoms with Crippen molar-refractivity contribution in [2.45, 2.75) is 51.6 Å². The highest BCUT2D eigenvalue weighted by Crippen LogP contribution is 2.26. The molecule has 7 nitrogen and oxygen atoms in total. The van der Waals surface area contributed by atoms with Gasteiger partial charge in [0, 0.05) is 31.4 Å². The number of nitrogens with zero attached hydrogens (tertiary/aromatic N) is 4. The predicted molar refractivity (Wildman–Crippen MR) is 107 cm³/mol. The maximum atomic E-state index is 12.4. The van der Waals surface area contributed by atoms with E-state index in [9.17, 15) is 4.79 Å². The lowest BCUT2D eigenvalue weighted by Crippen LogP contribution is -2.35. The van der Waals surface area contributed by atoms with Crippen molar-refractivity contribution in [3.05, 3.63) is 41.7 Å². The molecule has 7 heteroatoms. The number of nitrogens with one attached hydrogen (secondary N) is 1. The number of carbonyl (C=O) groups is 1. The quantitative estimate of drug-likeness (QED) is 0.780. The average molecular weight is 371 g/mol. The SMILES string of the molecule is CCN(CCNC(=O)c1cn(C2CCC(N)CC2)nn1)c1cccc(C)c1. The van der Waals surface area contributed by atoms with E-state index < -0.39 is 0 Å². The number of hydrogen-bond acceptors (Lipinski definition) is 5. The van der Waals surface area contributed by atoms with Crippen molar-refractivity contribution in [2.75, 3.05) is 24.5 Å². The Balaban J connectivity index is 1.50. The second-order valence-electron chi connectivity index (χ2n) is 7.33. The Morgan fingerprint density at radius 1 is 1.33 bits per heavy atom. The summed E-state index contributed by atoms with van der Waals surface area (Å²) in [6.07, 6.45) is 5.74. The van der Waals surface area contributed by atoms with E-state index in [1.165, 1.54) is 11.3 Å². The Hall–Kier alpha value is -2.41. The summed E-state index contributed by atoms with van der Waals surface area (Å²) < 4.78 is 1.83. The molecule has 0 atom stereocenters. The molecule has 1 aromatic carbocycles. The molecule has 0 bridgehead atoms. The van der Waals surface area contributed by atoms with Crippen LogP contribution >= 0.6 is 0 Å². The number of aromatic nitrogens is 3. The zero-order valence-electron chi connectivity index (χ0n) is 16.3. The first-order valence-electron chi connectivity index (χ1n) is 9.84. The maximum absolute atomic E-state index is 12.4. The molecule has 0 saturated heterocycles. The number of anilines is 1. The first kappa shape index (κ1) is 19.4. The van der Waals surface area contributed by atoms with E-state index in [4.69, 9.17) is 5.73 Å². The van der Waals surface area contributed by atoms with Gasteiger partial charge in [0.2, 0.25) is 0 Å². The Labute approximate surface area is 160 Å². The van der Waals surface area contributed by atoms with Crippen LogP contribution in [-0.4, -0.2) is 46.6 Å². The zero-order valence-corrected chi connectivity index (χ0v) is 16.3. The van der Waals surface area contributed by atoms with Gasteiger partial charge in [-0.05, 0) is 57.2 Å². The van der Waals surface area contributed by atoms with Crippen LogP contribution in [0.1, 0.15) is 54.7 Å². The predicted octanol–water partition coefficient (Wildman–Crippen LogP) is 2.29. The van der Waals surface area contributed by atoms with Crippen LogP contribution in [0.4, 0.5) is 5.69 Å². The molecule has 1 saturated carbocycles. The molecular formula is C20H30N6O. The molecule has 27 heavy (non-hydrogen) atoms. The van der Waals surface area contributed by atoms with E-state index in [0.717, 1.165) is 38.8 Å². The minimum Gasteiger partial charge on any atom is -0.370 e. The van der Waals surface area contributed by atoms with Gasteiger partial charge in [-0.3, -0.25) is 4.79 Å². The largest absolute Gasteiger partial charge is 0.370 e. The molecule has 1 aromatic heterocycles. The summed E-state index contributed by atoms with van der Waals surface area (Å²) >= 11 is 0. The van der Waals surface area contributed by atoms with Crippen molar-refractivity contribution < 1.29 is 4.79 Å². The number of likely N-dealkylation sites (N-methyl/N-ethyl adjacent to an activating group) is 1. The molecule has 1 fully saturated rings. The van der Waals surface area contributed by atoms with Crippen LogP contribution < -0.4 is 16.0 Å². The number of aryl methyl sites for hydroxylation is 1. The average Bonchev–Trinajstić information content (AvgIpc) is 3.16. The number of benzene rings is 1. The molecule has 2 aromatic rings. The van der Waals surface area contributed by atoms with Crippen LogP contribution in [0.15, 0.2) is 30.5 Å². The molecule has 0 spiro atoms. The van der Waals surface area contributed by atoms with Gasteiger partial charge in [0.25, 0.3) is 5.91 Å². The van der Waals surface area contributed by atoms with Crippen LogP contribution in [0.3, 0.4) is 0 Å². The lowest BCUT2D eigenvalue weighted by molar-refractivity contribution is 0.0949.